The highest BCUT2D eigenvalue weighted by molar-refractivity contribution is 6.31. The summed E-state index contributed by atoms with van der Waals surface area (Å²) >= 11 is 6.14. The minimum absolute atomic E-state index is 0.603. The number of carbonyl (C=O) groups is 1. The SMILES string of the molecule is COc1c(C)cc(Cl)c(C)c1C1(C(=O)O)CC1. The lowest BCUT2D eigenvalue weighted by molar-refractivity contribution is -0.140. The molecule has 1 aliphatic rings. The van der Waals surface area contributed by atoms with Gasteiger partial charge in [-0.2, -0.15) is 0 Å². The zero-order valence-corrected chi connectivity index (χ0v) is 10.9. The van der Waals surface area contributed by atoms with Gasteiger partial charge in [0.05, 0.1) is 12.5 Å². The Morgan fingerprint density at radius 3 is 2.47 bits per heavy atom. The summed E-state index contributed by atoms with van der Waals surface area (Å²) in [4.78, 5) is 11.4. The molecule has 1 N–H and O–H groups in total. The third kappa shape index (κ3) is 1.69. The van der Waals surface area contributed by atoms with Crippen molar-refractivity contribution >= 4 is 17.6 Å². The van der Waals surface area contributed by atoms with E-state index in [1.54, 1.807) is 7.11 Å². The van der Waals surface area contributed by atoms with Gasteiger partial charge in [0.1, 0.15) is 5.75 Å². The zero-order valence-electron chi connectivity index (χ0n) is 10.1. The van der Waals surface area contributed by atoms with E-state index in [9.17, 15) is 9.90 Å². The molecule has 3 nitrogen and oxygen atoms in total. The molecule has 0 bridgehead atoms. The number of rotatable bonds is 3. The Hall–Kier alpha value is -1.22. The Balaban J connectivity index is 2.71. The summed E-state index contributed by atoms with van der Waals surface area (Å²) < 4.78 is 5.37. The van der Waals surface area contributed by atoms with Crippen LogP contribution in [0.4, 0.5) is 0 Å². The van der Waals surface area contributed by atoms with Crippen LogP contribution in [0.15, 0.2) is 6.07 Å². The minimum atomic E-state index is -0.791. The fraction of sp³-hybridized carbons (Fsp3) is 0.462. The Bertz CT molecular complexity index is 490. The van der Waals surface area contributed by atoms with E-state index in [-0.39, 0.29) is 0 Å². The molecule has 0 unspecified atom stereocenters. The Morgan fingerprint density at radius 1 is 1.47 bits per heavy atom. The summed E-state index contributed by atoms with van der Waals surface area (Å²) in [5.74, 6) is -0.132. The molecule has 0 amide bonds. The van der Waals surface area contributed by atoms with E-state index in [1.165, 1.54) is 0 Å². The molecule has 0 aromatic heterocycles. The molecule has 1 aliphatic carbocycles. The molecule has 17 heavy (non-hydrogen) atoms. The lowest BCUT2D eigenvalue weighted by Gasteiger charge is -2.20. The first-order chi connectivity index (χ1) is 7.94. The summed E-state index contributed by atoms with van der Waals surface area (Å²) in [6, 6.07) is 1.82. The van der Waals surface area contributed by atoms with E-state index in [0.717, 1.165) is 16.7 Å². The maximum absolute atomic E-state index is 11.4. The molecular formula is C13H15ClO3. The molecule has 0 spiro atoms. The second kappa shape index (κ2) is 3.91. The van der Waals surface area contributed by atoms with E-state index in [1.807, 2.05) is 19.9 Å². The van der Waals surface area contributed by atoms with E-state index >= 15 is 0 Å². The number of halogens is 1. The Morgan fingerprint density at radius 2 is 2.06 bits per heavy atom. The van der Waals surface area contributed by atoms with Crippen LogP contribution in [0, 0.1) is 13.8 Å². The van der Waals surface area contributed by atoms with Crippen LogP contribution in [0.5, 0.6) is 5.75 Å². The minimum Gasteiger partial charge on any atom is -0.496 e. The summed E-state index contributed by atoms with van der Waals surface area (Å²) in [6.45, 7) is 3.73. The predicted molar refractivity (Wildman–Crippen MR) is 66.0 cm³/mol. The molecule has 1 aromatic carbocycles. The van der Waals surface area contributed by atoms with Gasteiger partial charge in [-0.15, -0.1) is 0 Å². The van der Waals surface area contributed by atoms with Crippen molar-refractivity contribution < 1.29 is 14.6 Å². The summed E-state index contributed by atoms with van der Waals surface area (Å²) in [7, 11) is 1.57. The van der Waals surface area contributed by atoms with Crippen molar-refractivity contribution in [2.45, 2.75) is 32.1 Å². The van der Waals surface area contributed by atoms with Gasteiger partial charge in [-0.1, -0.05) is 11.6 Å². The standard InChI is InChI=1S/C13H15ClO3/c1-7-6-9(14)8(2)10(11(7)17-3)13(4-5-13)12(15)16/h6H,4-5H2,1-3H3,(H,15,16). The summed E-state index contributed by atoms with van der Waals surface area (Å²) in [5, 5.41) is 9.99. The van der Waals surface area contributed by atoms with E-state index < -0.39 is 11.4 Å². The first-order valence-corrected chi connectivity index (χ1v) is 5.89. The van der Waals surface area contributed by atoms with Gasteiger partial charge < -0.3 is 9.84 Å². The number of carboxylic acid groups (broad SMARTS) is 1. The molecule has 1 aromatic rings. The molecule has 92 valence electrons. The third-order valence-corrected chi connectivity index (χ3v) is 3.90. The van der Waals surface area contributed by atoms with Gasteiger partial charge in [-0.3, -0.25) is 4.79 Å². The smallest absolute Gasteiger partial charge is 0.314 e. The maximum Gasteiger partial charge on any atom is 0.314 e. The molecule has 0 atom stereocenters. The normalized spacial score (nSPS) is 16.7. The molecule has 1 saturated carbocycles. The quantitative estimate of drug-likeness (QED) is 0.902. The average molecular weight is 255 g/mol. The molecule has 0 heterocycles. The number of benzene rings is 1. The molecule has 0 aliphatic heterocycles. The van der Waals surface area contributed by atoms with Crippen molar-refractivity contribution in [3.63, 3.8) is 0 Å². The number of hydrogen-bond acceptors (Lipinski definition) is 2. The van der Waals surface area contributed by atoms with Crippen molar-refractivity contribution in [3.05, 3.63) is 27.8 Å². The van der Waals surface area contributed by atoms with Crippen molar-refractivity contribution in [2.24, 2.45) is 0 Å². The highest BCUT2D eigenvalue weighted by atomic mass is 35.5. The molecule has 0 radical (unpaired) electrons. The van der Waals surface area contributed by atoms with Crippen LogP contribution in [0.25, 0.3) is 0 Å². The highest BCUT2D eigenvalue weighted by Gasteiger charge is 2.54. The van der Waals surface area contributed by atoms with Crippen molar-refractivity contribution in [1.82, 2.24) is 0 Å². The monoisotopic (exact) mass is 254 g/mol. The first-order valence-electron chi connectivity index (χ1n) is 5.51. The van der Waals surface area contributed by atoms with Crippen LogP contribution in [0.3, 0.4) is 0 Å². The van der Waals surface area contributed by atoms with Gasteiger partial charge in [0, 0.05) is 10.6 Å². The van der Waals surface area contributed by atoms with Gasteiger partial charge in [0.2, 0.25) is 0 Å². The maximum atomic E-state index is 11.4. The number of hydrogen-bond donors (Lipinski definition) is 1. The highest BCUT2D eigenvalue weighted by Crippen LogP contribution is 2.54. The molecule has 2 rings (SSSR count). The van der Waals surface area contributed by atoms with Crippen molar-refractivity contribution in [2.75, 3.05) is 7.11 Å². The lowest BCUT2D eigenvalue weighted by atomic mass is 9.89. The molecular weight excluding hydrogens is 240 g/mol. The summed E-state index contributed by atoms with van der Waals surface area (Å²) in [6.07, 6.45) is 1.30. The number of aryl methyl sites for hydroxylation is 1. The fourth-order valence-electron chi connectivity index (χ4n) is 2.39. The number of ether oxygens (including phenoxy) is 1. The van der Waals surface area contributed by atoms with Crippen molar-refractivity contribution in [1.29, 1.82) is 0 Å². The Kier molecular flexibility index (Phi) is 2.82. The molecule has 0 saturated heterocycles. The topological polar surface area (TPSA) is 46.5 Å². The zero-order chi connectivity index (χ0) is 12.8. The van der Waals surface area contributed by atoms with Crippen LogP contribution < -0.4 is 4.74 Å². The van der Waals surface area contributed by atoms with Crippen LogP contribution in [-0.4, -0.2) is 18.2 Å². The molecule has 4 heteroatoms. The van der Waals surface area contributed by atoms with Gasteiger partial charge in [-0.25, -0.2) is 0 Å². The predicted octanol–water partition coefficient (Wildman–Crippen LogP) is 3.08. The van der Waals surface area contributed by atoms with Gasteiger partial charge in [0.15, 0.2) is 0 Å². The van der Waals surface area contributed by atoms with E-state index in [4.69, 9.17) is 16.3 Å². The second-order valence-corrected chi connectivity index (χ2v) is 5.00. The van der Waals surface area contributed by atoms with Gasteiger partial charge >= 0.3 is 5.97 Å². The van der Waals surface area contributed by atoms with Crippen LogP contribution in [0.2, 0.25) is 5.02 Å². The van der Waals surface area contributed by atoms with Gasteiger partial charge in [0.25, 0.3) is 0 Å². The van der Waals surface area contributed by atoms with Crippen molar-refractivity contribution in [3.8, 4) is 5.75 Å². The van der Waals surface area contributed by atoms with E-state index in [0.29, 0.717) is 23.6 Å². The third-order valence-electron chi connectivity index (χ3n) is 3.50. The molecule has 1 fully saturated rings. The average Bonchev–Trinajstić information content (AvgIpc) is 3.04. The number of methoxy groups -OCH3 is 1. The largest absolute Gasteiger partial charge is 0.496 e. The van der Waals surface area contributed by atoms with Crippen LogP contribution in [-0.2, 0) is 10.2 Å². The fourth-order valence-corrected chi connectivity index (χ4v) is 2.64. The van der Waals surface area contributed by atoms with Crippen LogP contribution in [0.1, 0.15) is 29.5 Å². The lowest BCUT2D eigenvalue weighted by Crippen LogP contribution is -2.22. The second-order valence-electron chi connectivity index (χ2n) is 4.60. The van der Waals surface area contributed by atoms with Gasteiger partial charge in [-0.05, 0) is 43.9 Å². The number of aliphatic carboxylic acids is 1. The first kappa shape index (κ1) is 12.2. The van der Waals surface area contributed by atoms with E-state index in [2.05, 4.69) is 0 Å². The number of carboxylic acids is 1. The summed E-state index contributed by atoms with van der Waals surface area (Å²) in [5.41, 5.74) is 1.66. The van der Waals surface area contributed by atoms with Crippen LogP contribution >= 0.6 is 11.6 Å². The Labute approximate surface area is 105 Å².